The van der Waals surface area contributed by atoms with Crippen LogP contribution in [-0.2, 0) is 0 Å². The van der Waals surface area contributed by atoms with E-state index in [9.17, 15) is 4.79 Å². The van der Waals surface area contributed by atoms with Gasteiger partial charge in [-0.05, 0) is 36.8 Å². The smallest absolute Gasteiger partial charge is 0.166 e. The Balaban J connectivity index is 1.52. The van der Waals surface area contributed by atoms with Crippen molar-refractivity contribution in [3.05, 3.63) is 60.2 Å². The minimum absolute atomic E-state index is 0.251. The maximum Gasteiger partial charge on any atom is 0.166 e. The summed E-state index contributed by atoms with van der Waals surface area (Å²) in [6, 6.07) is 18.5. The number of Topliss-reactive ketones (excluding diaryl/α,β-unsaturated/α-hetero) is 1. The third-order valence-corrected chi connectivity index (χ3v) is 6.56. The lowest BCUT2D eigenvalue weighted by molar-refractivity contribution is 0.0907. The molecule has 22 heavy (non-hydrogen) atoms. The van der Waals surface area contributed by atoms with Crippen molar-refractivity contribution < 1.29 is 4.79 Å². The summed E-state index contributed by atoms with van der Waals surface area (Å²) in [4.78, 5) is 12.8. The van der Waals surface area contributed by atoms with Crippen molar-refractivity contribution in [1.29, 1.82) is 0 Å². The van der Waals surface area contributed by atoms with Crippen molar-refractivity contribution >= 4 is 17.5 Å². The quantitative estimate of drug-likeness (QED) is 0.724. The summed E-state index contributed by atoms with van der Waals surface area (Å²) in [6.07, 6.45) is 4.79. The molecule has 1 nitrogen and oxygen atoms in total. The fraction of sp³-hybridized carbons (Fsp3) is 0.350. The Hall–Kier alpha value is -1.54. The Labute approximate surface area is 136 Å². The van der Waals surface area contributed by atoms with Crippen LogP contribution in [0.15, 0.2) is 54.6 Å². The molecule has 2 saturated heterocycles. The van der Waals surface area contributed by atoms with E-state index in [0.29, 0.717) is 5.78 Å². The second-order valence-electron chi connectivity index (χ2n) is 6.43. The monoisotopic (exact) mass is 308 g/mol. The topological polar surface area (TPSA) is 17.1 Å². The van der Waals surface area contributed by atoms with Crippen molar-refractivity contribution in [3.8, 4) is 11.1 Å². The van der Waals surface area contributed by atoms with Gasteiger partial charge in [0.25, 0.3) is 0 Å². The highest BCUT2D eigenvalue weighted by Crippen LogP contribution is 2.46. The van der Waals surface area contributed by atoms with Gasteiger partial charge in [-0.25, -0.2) is 0 Å². The number of carbonyl (C=O) groups is 1. The van der Waals surface area contributed by atoms with Crippen molar-refractivity contribution in [3.63, 3.8) is 0 Å². The Kier molecular flexibility index (Phi) is 3.79. The van der Waals surface area contributed by atoms with Gasteiger partial charge in [-0.15, -0.1) is 0 Å². The van der Waals surface area contributed by atoms with Crippen LogP contribution in [0.1, 0.15) is 36.0 Å². The number of thioether (sulfide) groups is 1. The van der Waals surface area contributed by atoms with E-state index in [1.807, 2.05) is 30.3 Å². The molecule has 0 N–H and O–H groups in total. The second-order valence-corrected chi connectivity index (χ2v) is 8.04. The summed E-state index contributed by atoms with van der Waals surface area (Å²) in [7, 11) is 0. The summed E-state index contributed by atoms with van der Waals surface area (Å²) >= 11 is 2.12. The predicted molar refractivity (Wildman–Crippen MR) is 93.3 cm³/mol. The molecular formula is C20H20OS. The van der Waals surface area contributed by atoms with E-state index in [4.69, 9.17) is 0 Å². The molecule has 0 aliphatic carbocycles. The van der Waals surface area contributed by atoms with Crippen LogP contribution in [0.5, 0.6) is 0 Å². The van der Waals surface area contributed by atoms with Crippen molar-refractivity contribution in [1.82, 2.24) is 0 Å². The van der Waals surface area contributed by atoms with Gasteiger partial charge >= 0.3 is 0 Å². The van der Waals surface area contributed by atoms with E-state index in [2.05, 4.69) is 36.0 Å². The second kappa shape index (κ2) is 5.92. The van der Waals surface area contributed by atoms with Crippen LogP contribution in [-0.4, -0.2) is 16.3 Å². The van der Waals surface area contributed by atoms with Crippen LogP contribution < -0.4 is 0 Å². The SMILES string of the molecule is O=C(c1ccc(-c2ccccc2)cc1)C1CC2CCC(C1)S2. The van der Waals surface area contributed by atoms with Crippen LogP contribution in [0.25, 0.3) is 11.1 Å². The molecule has 0 spiro atoms. The average molecular weight is 308 g/mol. The molecule has 2 heterocycles. The van der Waals surface area contributed by atoms with Crippen molar-refractivity contribution in [2.24, 2.45) is 5.92 Å². The van der Waals surface area contributed by atoms with E-state index in [1.165, 1.54) is 24.0 Å². The molecule has 2 unspecified atom stereocenters. The molecular weight excluding hydrogens is 288 g/mol. The number of hydrogen-bond donors (Lipinski definition) is 0. The highest BCUT2D eigenvalue weighted by Gasteiger charge is 2.37. The van der Waals surface area contributed by atoms with E-state index >= 15 is 0 Å². The van der Waals surface area contributed by atoms with E-state index in [1.54, 1.807) is 0 Å². The van der Waals surface area contributed by atoms with Gasteiger partial charge in [0.05, 0.1) is 0 Å². The van der Waals surface area contributed by atoms with Crippen LogP contribution in [0.2, 0.25) is 0 Å². The molecule has 0 saturated carbocycles. The highest BCUT2D eigenvalue weighted by atomic mass is 32.2. The van der Waals surface area contributed by atoms with Crippen molar-refractivity contribution in [2.45, 2.75) is 36.2 Å². The first kappa shape index (κ1) is 14.1. The highest BCUT2D eigenvalue weighted by molar-refractivity contribution is 8.00. The number of fused-ring (bicyclic) bond motifs is 2. The molecule has 0 amide bonds. The van der Waals surface area contributed by atoms with E-state index < -0.39 is 0 Å². The van der Waals surface area contributed by atoms with Gasteiger partial charge in [-0.1, -0.05) is 54.6 Å². The predicted octanol–water partition coefficient (Wildman–Crippen LogP) is 5.21. The molecule has 2 atom stereocenters. The molecule has 2 heteroatoms. The lowest BCUT2D eigenvalue weighted by Gasteiger charge is -2.26. The van der Waals surface area contributed by atoms with Gasteiger partial charge in [0.2, 0.25) is 0 Å². The van der Waals surface area contributed by atoms with E-state index in [-0.39, 0.29) is 5.92 Å². The van der Waals surface area contributed by atoms with Gasteiger partial charge < -0.3 is 0 Å². The molecule has 2 aliphatic heterocycles. The van der Waals surface area contributed by atoms with Crippen LogP contribution >= 0.6 is 11.8 Å². The fourth-order valence-electron chi connectivity index (χ4n) is 3.77. The molecule has 112 valence electrons. The summed E-state index contributed by atoms with van der Waals surface area (Å²) in [5, 5.41) is 1.47. The first-order valence-corrected chi connectivity index (χ1v) is 9.09. The Morgan fingerprint density at radius 3 is 2.05 bits per heavy atom. The number of ketones is 1. The largest absolute Gasteiger partial charge is 0.294 e. The Bertz CT molecular complexity index is 650. The number of carbonyl (C=O) groups excluding carboxylic acids is 1. The lowest BCUT2D eigenvalue weighted by Crippen LogP contribution is -2.24. The first-order valence-electron chi connectivity index (χ1n) is 8.15. The van der Waals surface area contributed by atoms with Crippen molar-refractivity contribution in [2.75, 3.05) is 0 Å². The maximum absolute atomic E-state index is 12.8. The maximum atomic E-state index is 12.8. The number of hydrogen-bond acceptors (Lipinski definition) is 2. The number of benzene rings is 2. The average Bonchev–Trinajstić information content (AvgIpc) is 2.93. The van der Waals surface area contributed by atoms with E-state index in [0.717, 1.165) is 28.9 Å². The minimum Gasteiger partial charge on any atom is -0.294 e. The summed E-state index contributed by atoms with van der Waals surface area (Å²) in [6.45, 7) is 0. The minimum atomic E-state index is 0.251. The lowest BCUT2D eigenvalue weighted by atomic mass is 9.89. The first-order chi connectivity index (χ1) is 10.8. The van der Waals surface area contributed by atoms with Gasteiger partial charge in [0.15, 0.2) is 5.78 Å². The van der Waals surface area contributed by atoms with Crippen LogP contribution in [0.3, 0.4) is 0 Å². The molecule has 2 aliphatic rings. The molecule has 2 bridgehead atoms. The summed E-state index contributed by atoms with van der Waals surface area (Å²) in [5.74, 6) is 0.609. The zero-order valence-corrected chi connectivity index (χ0v) is 13.4. The summed E-state index contributed by atoms with van der Waals surface area (Å²) in [5.41, 5.74) is 3.26. The van der Waals surface area contributed by atoms with Gasteiger partial charge in [-0.2, -0.15) is 11.8 Å². The van der Waals surface area contributed by atoms with Gasteiger partial charge in [0.1, 0.15) is 0 Å². The molecule has 2 aromatic carbocycles. The van der Waals surface area contributed by atoms with Crippen LogP contribution in [0.4, 0.5) is 0 Å². The number of rotatable bonds is 3. The zero-order valence-electron chi connectivity index (χ0n) is 12.6. The van der Waals surface area contributed by atoms with Gasteiger partial charge in [-0.3, -0.25) is 4.79 Å². The molecule has 0 radical (unpaired) electrons. The fourth-order valence-corrected chi connectivity index (χ4v) is 5.54. The summed E-state index contributed by atoms with van der Waals surface area (Å²) < 4.78 is 0. The Morgan fingerprint density at radius 2 is 1.41 bits per heavy atom. The Morgan fingerprint density at radius 1 is 0.818 bits per heavy atom. The standard InChI is InChI=1S/C20H20OS/c21-20(17-12-18-10-11-19(13-17)22-18)16-8-6-15(7-9-16)14-4-2-1-3-5-14/h1-9,17-19H,10-13H2. The normalized spacial score (nSPS) is 26.8. The third-order valence-electron chi connectivity index (χ3n) is 4.94. The molecule has 2 aromatic rings. The molecule has 4 rings (SSSR count). The van der Waals surface area contributed by atoms with Gasteiger partial charge in [0, 0.05) is 22.0 Å². The molecule has 0 aromatic heterocycles. The third kappa shape index (κ3) is 2.72. The van der Waals surface area contributed by atoms with Crippen LogP contribution in [0, 0.1) is 5.92 Å². The zero-order chi connectivity index (χ0) is 14.9. The molecule has 2 fully saturated rings.